The van der Waals surface area contributed by atoms with Gasteiger partial charge in [-0.3, -0.25) is 4.90 Å². The first-order chi connectivity index (χ1) is 5.34. The number of hydrogen-bond acceptors (Lipinski definition) is 2. The number of carbonyl (C=O) groups excluding carboxylic acids is 1. The molecule has 1 N–H and O–H groups in total. The Kier molecular flexibility index (Phi) is 3.16. The van der Waals surface area contributed by atoms with Gasteiger partial charge in [0.05, 0.1) is 6.61 Å². The minimum atomic E-state index is -0.00986. The van der Waals surface area contributed by atoms with Crippen LogP contribution in [0.3, 0.4) is 0 Å². The van der Waals surface area contributed by atoms with Crippen molar-refractivity contribution in [3.05, 3.63) is 0 Å². The van der Waals surface area contributed by atoms with Crippen molar-refractivity contribution in [1.29, 1.82) is 0 Å². The molecule has 0 aliphatic carbocycles. The van der Waals surface area contributed by atoms with Crippen molar-refractivity contribution in [3.63, 3.8) is 0 Å². The molecule has 64 valence electrons. The molecule has 1 heterocycles. The predicted molar refractivity (Wildman–Crippen MR) is 41.2 cm³/mol. The zero-order chi connectivity index (χ0) is 8.10. The van der Waals surface area contributed by atoms with E-state index < -0.39 is 0 Å². The molecule has 0 unspecified atom stereocenters. The van der Waals surface area contributed by atoms with E-state index in [1.165, 1.54) is 0 Å². The second kappa shape index (κ2) is 4.18. The normalized spacial score (nSPS) is 17.0. The number of urea groups is 1. The van der Waals surface area contributed by atoms with Crippen molar-refractivity contribution < 1.29 is 9.53 Å². The molecule has 1 fully saturated rings. The van der Waals surface area contributed by atoms with Crippen LogP contribution in [0.25, 0.3) is 0 Å². The highest BCUT2D eigenvalue weighted by molar-refractivity contribution is 5.74. The van der Waals surface area contributed by atoms with Crippen LogP contribution in [0.15, 0.2) is 0 Å². The summed E-state index contributed by atoms with van der Waals surface area (Å²) in [5, 5.41) is 2.78. The van der Waals surface area contributed by atoms with E-state index in [2.05, 4.69) is 5.32 Å². The first kappa shape index (κ1) is 8.33. The second-order valence-electron chi connectivity index (χ2n) is 2.53. The van der Waals surface area contributed by atoms with Gasteiger partial charge in [0.2, 0.25) is 0 Å². The number of rotatable bonds is 2. The van der Waals surface area contributed by atoms with Gasteiger partial charge in [-0.25, -0.2) is 4.79 Å². The second-order valence-corrected chi connectivity index (χ2v) is 2.53. The third kappa shape index (κ3) is 2.38. The van der Waals surface area contributed by atoms with Gasteiger partial charge in [-0.1, -0.05) is 6.92 Å². The lowest BCUT2D eigenvalue weighted by Gasteiger charge is -2.13. The first-order valence-corrected chi connectivity index (χ1v) is 3.95. The van der Waals surface area contributed by atoms with E-state index in [4.69, 9.17) is 4.74 Å². The van der Waals surface area contributed by atoms with Gasteiger partial charge in [-0.2, -0.15) is 0 Å². The smallest absolute Gasteiger partial charge is 0.319 e. The molecule has 1 aliphatic rings. The summed E-state index contributed by atoms with van der Waals surface area (Å²) in [4.78, 5) is 12.8. The van der Waals surface area contributed by atoms with E-state index in [9.17, 15) is 4.79 Å². The highest BCUT2D eigenvalue weighted by Gasteiger charge is 2.16. The van der Waals surface area contributed by atoms with Gasteiger partial charge in [-0.05, 0) is 6.42 Å². The van der Waals surface area contributed by atoms with Crippen LogP contribution < -0.4 is 5.32 Å². The third-order valence-corrected chi connectivity index (χ3v) is 1.57. The van der Waals surface area contributed by atoms with E-state index in [0.29, 0.717) is 13.3 Å². The Hall–Kier alpha value is -0.770. The van der Waals surface area contributed by atoms with Gasteiger partial charge in [0, 0.05) is 13.1 Å². The van der Waals surface area contributed by atoms with E-state index in [0.717, 1.165) is 19.5 Å². The molecule has 2 amide bonds. The maximum atomic E-state index is 11.1. The molecule has 0 bridgehead atoms. The van der Waals surface area contributed by atoms with E-state index >= 15 is 0 Å². The molecule has 0 atom stereocenters. The van der Waals surface area contributed by atoms with Crippen molar-refractivity contribution >= 4 is 6.03 Å². The Bertz CT molecular complexity index is 132. The summed E-state index contributed by atoms with van der Waals surface area (Å²) >= 11 is 0. The summed E-state index contributed by atoms with van der Waals surface area (Å²) in [5.74, 6) is 0. The molecular weight excluding hydrogens is 144 g/mol. The third-order valence-electron chi connectivity index (χ3n) is 1.57. The van der Waals surface area contributed by atoms with Gasteiger partial charge < -0.3 is 10.1 Å². The summed E-state index contributed by atoms with van der Waals surface area (Å²) in [7, 11) is 0. The molecule has 0 aromatic carbocycles. The van der Waals surface area contributed by atoms with Crippen LogP contribution in [0, 0.1) is 0 Å². The number of carbonyl (C=O) groups is 1. The molecule has 4 nitrogen and oxygen atoms in total. The number of nitrogens with zero attached hydrogens (tertiary/aromatic N) is 1. The fourth-order valence-electron chi connectivity index (χ4n) is 0.918. The van der Waals surface area contributed by atoms with Crippen molar-refractivity contribution in [1.82, 2.24) is 10.2 Å². The fourth-order valence-corrected chi connectivity index (χ4v) is 0.918. The summed E-state index contributed by atoms with van der Waals surface area (Å²) < 4.78 is 5.02. The Morgan fingerprint density at radius 3 is 3.09 bits per heavy atom. The lowest BCUT2D eigenvalue weighted by Crippen LogP contribution is -2.38. The number of amides is 2. The standard InChI is InChI=1S/C7H14N2O2/c1-2-3-8-7(10)9-4-5-11-6-9/h2-6H2,1H3,(H,8,10). The molecule has 1 saturated heterocycles. The molecule has 1 aliphatic heterocycles. The van der Waals surface area contributed by atoms with Crippen molar-refractivity contribution in [2.24, 2.45) is 0 Å². The predicted octanol–water partition coefficient (Wildman–Crippen LogP) is 0.396. The zero-order valence-corrected chi connectivity index (χ0v) is 6.80. The molecule has 0 spiro atoms. The van der Waals surface area contributed by atoms with Crippen molar-refractivity contribution in [3.8, 4) is 0 Å². The van der Waals surface area contributed by atoms with Crippen LogP contribution in [0.2, 0.25) is 0 Å². The van der Waals surface area contributed by atoms with E-state index in [1.807, 2.05) is 6.92 Å². The highest BCUT2D eigenvalue weighted by atomic mass is 16.5. The van der Waals surface area contributed by atoms with Gasteiger partial charge in [0.25, 0.3) is 0 Å². The zero-order valence-electron chi connectivity index (χ0n) is 6.80. The summed E-state index contributed by atoms with van der Waals surface area (Å²) in [5.41, 5.74) is 0. The van der Waals surface area contributed by atoms with Crippen LogP contribution in [0.4, 0.5) is 4.79 Å². The molecule has 11 heavy (non-hydrogen) atoms. The fraction of sp³-hybridized carbons (Fsp3) is 0.857. The van der Waals surface area contributed by atoms with Crippen molar-refractivity contribution in [2.75, 3.05) is 26.4 Å². The maximum Gasteiger partial charge on any atom is 0.319 e. The topological polar surface area (TPSA) is 41.6 Å². The summed E-state index contributed by atoms with van der Waals surface area (Å²) in [6, 6.07) is -0.00986. The van der Waals surface area contributed by atoms with Crippen molar-refractivity contribution in [2.45, 2.75) is 13.3 Å². The summed E-state index contributed by atoms with van der Waals surface area (Å²) in [6.45, 7) is 4.60. The lowest BCUT2D eigenvalue weighted by atomic mass is 10.5. The Labute approximate surface area is 66.5 Å². The SMILES string of the molecule is CCCNC(=O)N1CCOC1. The molecule has 4 heteroatoms. The number of nitrogens with one attached hydrogen (secondary N) is 1. The Morgan fingerprint density at radius 2 is 2.55 bits per heavy atom. The molecule has 0 aromatic rings. The molecule has 0 aromatic heterocycles. The highest BCUT2D eigenvalue weighted by Crippen LogP contribution is 1.98. The Balaban J connectivity index is 2.17. The average Bonchev–Trinajstić information content (AvgIpc) is 2.52. The summed E-state index contributed by atoms with van der Waals surface area (Å²) in [6.07, 6.45) is 0.973. The van der Waals surface area contributed by atoms with E-state index in [1.54, 1.807) is 4.90 Å². The Morgan fingerprint density at radius 1 is 1.73 bits per heavy atom. The van der Waals surface area contributed by atoms with Gasteiger partial charge in [0.15, 0.2) is 0 Å². The van der Waals surface area contributed by atoms with Gasteiger partial charge in [-0.15, -0.1) is 0 Å². The number of ether oxygens (including phenoxy) is 1. The minimum Gasteiger partial charge on any atom is -0.359 e. The molecule has 0 saturated carbocycles. The quantitative estimate of drug-likeness (QED) is 0.632. The minimum absolute atomic E-state index is 0.00986. The van der Waals surface area contributed by atoms with Gasteiger partial charge >= 0.3 is 6.03 Å². The maximum absolute atomic E-state index is 11.1. The molecule has 0 radical (unpaired) electrons. The van der Waals surface area contributed by atoms with Crippen LogP contribution >= 0.6 is 0 Å². The largest absolute Gasteiger partial charge is 0.359 e. The van der Waals surface area contributed by atoms with Crippen LogP contribution in [-0.2, 0) is 4.74 Å². The number of hydrogen-bond donors (Lipinski definition) is 1. The first-order valence-electron chi connectivity index (χ1n) is 3.95. The van der Waals surface area contributed by atoms with Crippen LogP contribution in [0.5, 0.6) is 0 Å². The monoisotopic (exact) mass is 158 g/mol. The van der Waals surface area contributed by atoms with E-state index in [-0.39, 0.29) is 6.03 Å². The molecular formula is C7H14N2O2. The lowest BCUT2D eigenvalue weighted by molar-refractivity contribution is 0.144. The van der Waals surface area contributed by atoms with Crippen LogP contribution in [0.1, 0.15) is 13.3 Å². The average molecular weight is 158 g/mol. The van der Waals surface area contributed by atoms with Gasteiger partial charge in [0.1, 0.15) is 6.73 Å². The van der Waals surface area contributed by atoms with Crippen LogP contribution in [-0.4, -0.2) is 37.4 Å². The molecule has 1 rings (SSSR count).